The highest BCUT2D eigenvalue weighted by Crippen LogP contribution is 2.38. The van der Waals surface area contributed by atoms with Gasteiger partial charge in [-0.2, -0.15) is 5.26 Å². The number of nitrogens with zero attached hydrogens (tertiary/aromatic N) is 1. The van der Waals surface area contributed by atoms with Crippen molar-refractivity contribution in [2.24, 2.45) is 5.73 Å². The third-order valence-corrected chi connectivity index (χ3v) is 4.50. The number of rotatable bonds is 4. The van der Waals surface area contributed by atoms with Gasteiger partial charge >= 0.3 is 5.97 Å². The number of nitrogens with one attached hydrogen (secondary N) is 1. The summed E-state index contributed by atoms with van der Waals surface area (Å²) in [5.41, 5.74) is 7.35. The number of fused-ring (bicyclic) bond motifs is 1. The predicted octanol–water partition coefficient (Wildman–Crippen LogP) is 2.65. The molecule has 142 valence electrons. The van der Waals surface area contributed by atoms with E-state index >= 15 is 0 Å². The van der Waals surface area contributed by atoms with Gasteiger partial charge in [-0.1, -0.05) is 24.8 Å². The first-order valence-corrected chi connectivity index (χ1v) is 8.57. The number of aryl methyl sites for hydroxylation is 1. The fourth-order valence-electron chi connectivity index (χ4n) is 3.22. The summed E-state index contributed by atoms with van der Waals surface area (Å²) in [4.78, 5) is 28.3. The SMILES string of the molecule is C=CCOC(=O)C1=C(C)OC(N)=C(C#N)[C@H]1c1cc2ccc(C)cc2[nH]c1=O. The molecule has 1 aromatic carbocycles. The van der Waals surface area contributed by atoms with E-state index in [1.54, 1.807) is 6.07 Å². The second-order valence-corrected chi connectivity index (χ2v) is 6.43. The molecule has 7 nitrogen and oxygen atoms in total. The first-order valence-electron chi connectivity index (χ1n) is 8.57. The molecule has 0 fully saturated rings. The van der Waals surface area contributed by atoms with Crippen LogP contribution in [0.25, 0.3) is 10.9 Å². The van der Waals surface area contributed by atoms with Gasteiger partial charge in [-0.15, -0.1) is 0 Å². The smallest absolute Gasteiger partial charge is 0.338 e. The zero-order valence-corrected chi connectivity index (χ0v) is 15.5. The Morgan fingerprint density at radius 3 is 2.86 bits per heavy atom. The van der Waals surface area contributed by atoms with E-state index in [-0.39, 0.29) is 35.0 Å². The van der Waals surface area contributed by atoms with Crippen molar-refractivity contribution in [3.05, 3.63) is 81.2 Å². The number of hydrogen-bond acceptors (Lipinski definition) is 6. The lowest BCUT2D eigenvalue weighted by Gasteiger charge is -2.26. The topological polar surface area (TPSA) is 118 Å². The van der Waals surface area contributed by atoms with Gasteiger partial charge in [0.05, 0.1) is 11.5 Å². The van der Waals surface area contributed by atoms with Crippen LogP contribution in [0.4, 0.5) is 0 Å². The van der Waals surface area contributed by atoms with E-state index in [0.29, 0.717) is 5.52 Å². The lowest BCUT2D eigenvalue weighted by molar-refractivity contribution is -0.138. The third kappa shape index (κ3) is 3.28. The molecule has 7 heteroatoms. The molecule has 1 aliphatic rings. The van der Waals surface area contributed by atoms with Crippen molar-refractivity contribution in [3.8, 4) is 6.07 Å². The van der Waals surface area contributed by atoms with Crippen LogP contribution in [-0.2, 0) is 14.3 Å². The molecule has 0 bridgehead atoms. The van der Waals surface area contributed by atoms with Crippen LogP contribution in [0, 0.1) is 18.3 Å². The number of pyridine rings is 1. The van der Waals surface area contributed by atoms with Crippen molar-refractivity contribution in [1.29, 1.82) is 5.26 Å². The molecule has 0 spiro atoms. The summed E-state index contributed by atoms with van der Waals surface area (Å²) in [6.45, 7) is 6.95. The van der Waals surface area contributed by atoms with Crippen LogP contribution in [-0.4, -0.2) is 17.6 Å². The highest BCUT2D eigenvalue weighted by molar-refractivity contribution is 5.93. The molecule has 0 unspecified atom stereocenters. The number of benzene rings is 1. The molecule has 1 aliphatic heterocycles. The van der Waals surface area contributed by atoms with Crippen LogP contribution in [0.15, 0.2) is 64.5 Å². The second-order valence-electron chi connectivity index (χ2n) is 6.43. The maximum absolute atomic E-state index is 12.8. The van der Waals surface area contributed by atoms with Gasteiger partial charge < -0.3 is 20.2 Å². The van der Waals surface area contributed by atoms with Gasteiger partial charge in [0.2, 0.25) is 5.88 Å². The Labute approximate surface area is 161 Å². The summed E-state index contributed by atoms with van der Waals surface area (Å²) in [7, 11) is 0. The first-order chi connectivity index (χ1) is 13.4. The van der Waals surface area contributed by atoms with Crippen molar-refractivity contribution in [2.75, 3.05) is 6.61 Å². The fourth-order valence-corrected chi connectivity index (χ4v) is 3.22. The molecule has 0 saturated carbocycles. The standard InChI is InChI=1S/C21H19N3O4/c1-4-7-27-21(26)17-12(3)28-19(23)15(10-22)18(17)14-9-13-6-5-11(2)8-16(13)24-20(14)25/h4-6,8-9,18H,1,7,23H2,2-3H3,(H,24,25)/t18-/m1/s1. The van der Waals surface area contributed by atoms with Crippen molar-refractivity contribution >= 4 is 16.9 Å². The summed E-state index contributed by atoms with van der Waals surface area (Å²) in [5.74, 6) is -1.66. The number of nitriles is 1. The van der Waals surface area contributed by atoms with Gasteiger partial charge in [-0.3, -0.25) is 4.79 Å². The van der Waals surface area contributed by atoms with E-state index in [1.165, 1.54) is 13.0 Å². The second kappa shape index (κ2) is 7.45. The molecule has 1 aromatic heterocycles. The summed E-state index contributed by atoms with van der Waals surface area (Å²) in [5, 5.41) is 10.4. The van der Waals surface area contributed by atoms with Gasteiger partial charge in [-0.05, 0) is 36.9 Å². The van der Waals surface area contributed by atoms with Crippen molar-refractivity contribution in [1.82, 2.24) is 4.98 Å². The largest absolute Gasteiger partial charge is 0.458 e. The van der Waals surface area contributed by atoms with E-state index in [0.717, 1.165) is 10.9 Å². The lowest BCUT2D eigenvalue weighted by atomic mass is 9.83. The Hall–Kier alpha value is -3.79. The van der Waals surface area contributed by atoms with E-state index in [4.69, 9.17) is 15.2 Å². The Kier molecular flexibility index (Phi) is 5.05. The van der Waals surface area contributed by atoms with Crippen molar-refractivity contribution in [2.45, 2.75) is 19.8 Å². The van der Waals surface area contributed by atoms with Gasteiger partial charge in [0.1, 0.15) is 24.0 Å². The van der Waals surface area contributed by atoms with Crippen LogP contribution in [0.3, 0.4) is 0 Å². The van der Waals surface area contributed by atoms with Crippen LogP contribution in [0.1, 0.15) is 24.0 Å². The first kappa shape index (κ1) is 19.0. The van der Waals surface area contributed by atoms with E-state index < -0.39 is 17.4 Å². The minimum atomic E-state index is -0.995. The maximum atomic E-state index is 12.8. The van der Waals surface area contributed by atoms with Crippen molar-refractivity contribution < 1.29 is 14.3 Å². The number of esters is 1. The average molecular weight is 377 g/mol. The molecule has 28 heavy (non-hydrogen) atoms. The highest BCUT2D eigenvalue weighted by Gasteiger charge is 2.37. The molecule has 0 saturated heterocycles. The van der Waals surface area contributed by atoms with Crippen LogP contribution < -0.4 is 11.3 Å². The van der Waals surface area contributed by atoms with E-state index in [1.807, 2.05) is 31.2 Å². The van der Waals surface area contributed by atoms with Gasteiger partial charge in [0, 0.05) is 11.1 Å². The maximum Gasteiger partial charge on any atom is 0.338 e. The Morgan fingerprint density at radius 1 is 1.43 bits per heavy atom. The number of aromatic nitrogens is 1. The minimum absolute atomic E-state index is 0.0171. The molecule has 2 aromatic rings. The molecule has 0 aliphatic carbocycles. The summed E-state index contributed by atoms with van der Waals surface area (Å²) in [6, 6.07) is 9.23. The highest BCUT2D eigenvalue weighted by atomic mass is 16.5. The molecule has 0 radical (unpaired) electrons. The quantitative estimate of drug-likeness (QED) is 0.625. The third-order valence-electron chi connectivity index (χ3n) is 4.50. The molecule has 1 atom stereocenters. The molecular formula is C21H19N3O4. The minimum Gasteiger partial charge on any atom is -0.458 e. The van der Waals surface area contributed by atoms with Gasteiger partial charge in [-0.25, -0.2) is 4.79 Å². The number of carbonyl (C=O) groups excluding carboxylic acids is 1. The number of H-pyrrole nitrogens is 1. The summed E-state index contributed by atoms with van der Waals surface area (Å²) >= 11 is 0. The number of ether oxygens (including phenoxy) is 2. The van der Waals surface area contributed by atoms with Crippen molar-refractivity contribution in [3.63, 3.8) is 0 Å². The Balaban J connectivity index is 2.24. The molecule has 2 heterocycles. The number of hydrogen-bond donors (Lipinski definition) is 2. The summed E-state index contributed by atoms with van der Waals surface area (Å²) in [6.07, 6.45) is 1.42. The van der Waals surface area contributed by atoms with E-state index in [9.17, 15) is 14.9 Å². The van der Waals surface area contributed by atoms with Gasteiger partial charge in [0.15, 0.2) is 0 Å². The number of aromatic amines is 1. The Morgan fingerprint density at radius 2 is 2.18 bits per heavy atom. The fraction of sp³-hybridized carbons (Fsp3) is 0.190. The lowest BCUT2D eigenvalue weighted by Crippen LogP contribution is -2.29. The summed E-state index contributed by atoms with van der Waals surface area (Å²) < 4.78 is 10.5. The van der Waals surface area contributed by atoms with Gasteiger partial charge in [0.25, 0.3) is 5.56 Å². The van der Waals surface area contributed by atoms with Crippen LogP contribution in [0.5, 0.6) is 0 Å². The van der Waals surface area contributed by atoms with Crippen LogP contribution >= 0.6 is 0 Å². The average Bonchev–Trinajstić information content (AvgIpc) is 2.65. The molecular weight excluding hydrogens is 358 g/mol. The number of allylic oxidation sites excluding steroid dienone is 2. The number of nitrogens with two attached hydrogens (primary N) is 1. The van der Waals surface area contributed by atoms with E-state index in [2.05, 4.69) is 11.6 Å². The van der Waals surface area contributed by atoms with Crippen LogP contribution in [0.2, 0.25) is 0 Å². The zero-order valence-electron chi connectivity index (χ0n) is 15.5. The monoisotopic (exact) mass is 377 g/mol. The molecule has 3 N–H and O–H groups in total. The molecule has 0 amide bonds. The number of carbonyl (C=O) groups is 1. The molecule has 3 rings (SSSR count). The zero-order chi connectivity index (χ0) is 20.4. The Bertz CT molecular complexity index is 1150. The predicted molar refractivity (Wildman–Crippen MR) is 104 cm³/mol. The normalized spacial score (nSPS) is 16.5.